The summed E-state index contributed by atoms with van der Waals surface area (Å²) in [7, 11) is 0. The van der Waals surface area contributed by atoms with Gasteiger partial charge in [0.25, 0.3) is 0 Å². The van der Waals surface area contributed by atoms with Gasteiger partial charge in [0.05, 0.1) is 16.6 Å². The predicted molar refractivity (Wildman–Crippen MR) is 97.4 cm³/mol. The number of nitrogens with one attached hydrogen (secondary N) is 1. The summed E-state index contributed by atoms with van der Waals surface area (Å²) < 4.78 is 0. The molecule has 1 aliphatic rings. The maximum Gasteiger partial charge on any atom is 0.335 e. The van der Waals surface area contributed by atoms with Crippen molar-refractivity contribution in [1.82, 2.24) is 9.97 Å². The average molecular weight is 340 g/mol. The largest absolute Gasteiger partial charge is 0.478 e. The summed E-state index contributed by atoms with van der Waals surface area (Å²) in [5.74, 6) is -0.359. The first-order valence-electron chi connectivity index (χ1n) is 8.14. The van der Waals surface area contributed by atoms with Crippen molar-refractivity contribution in [3.63, 3.8) is 0 Å². The van der Waals surface area contributed by atoms with Gasteiger partial charge >= 0.3 is 5.97 Å². The third-order valence-corrected chi connectivity index (χ3v) is 4.74. The van der Waals surface area contributed by atoms with Gasteiger partial charge in [-0.1, -0.05) is 42.5 Å². The lowest BCUT2D eigenvalue weighted by molar-refractivity contribution is 0.0697. The number of carboxylic acids is 1. The molecule has 0 unspecified atom stereocenters. The van der Waals surface area contributed by atoms with Gasteiger partial charge in [0.1, 0.15) is 5.82 Å². The number of imidazole rings is 1. The van der Waals surface area contributed by atoms with Gasteiger partial charge in [-0.2, -0.15) is 0 Å². The Morgan fingerprint density at radius 2 is 1.62 bits per heavy atom. The molecule has 0 saturated heterocycles. The number of carbonyl (C=O) groups is 2. The summed E-state index contributed by atoms with van der Waals surface area (Å²) in [4.78, 5) is 31.6. The maximum atomic E-state index is 12.7. The quantitative estimate of drug-likeness (QED) is 0.506. The minimum Gasteiger partial charge on any atom is -0.478 e. The lowest BCUT2D eigenvalue weighted by Crippen LogP contribution is -1.95. The number of ketones is 1. The fourth-order valence-corrected chi connectivity index (χ4v) is 3.54. The number of hydrogen-bond acceptors (Lipinski definition) is 3. The van der Waals surface area contributed by atoms with Crippen LogP contribution in [0.3, 0.4) is 0 Å². The van der Waals surface area contributed by atoms with Crippen LogP contribution in [0.2, 0.25) is 0 Å². The topological polar surface area (TPSA) is 83.0 Å². The highest BCUT2D eigenvalue weighted by atomic mass is 16.4. The fraction of sp³-hybridized carbons (Fsp3) is 0. The van der Waals surface area contributed by atoms with Gasteiger partial charge < -0.3 is 10.1 Å². The van der Waals surface area contributed by atoms with Crippen molar-refractivity contribution in [3.05, 3.63) is 77.4 Å². The van der Waals surface area contributed by atoms with E-state index >= 15 is 0 Å². The smallest absolute Gasteiger partial charge is 0.335 e. The molecule has 0 radical (unpaired) electrons. The van der Waals surface area contributed by atoms with Crippen molar-refractivity contribution >= 4 is 22.8 Å². The second kappa shape index (κ2) is 5.13. The second-order valence-corrected chi connectivity index (χ2v) is 6.23. The lowest BCUT2D eigenvalue weighted by Gasteiger charge is -2.06. The molecule has 0 amide bonds. The molecule has 1 heterocycles. The van der Waals surface area contributed by atoms with Crippen LogP contribution < -0.4 is 0 Å². The summed E-state index contributed by atoms with van der Waals surface area (Å²) in [5.41, 5.74) is 5.47. The molecule has 0 bridgehead atoms. The third kappa shape index (κ3) is 1.94. The van der Waals surface area contributed by atoms with Crippen molar-refractivity contribution < 1.29 is 14.7 Å². The number of nitrogens with zero attached hydrogens (tertiary/aromatic N) is 1. The summed E-state index contributed by atoms with van der Waals surface area (Å²) in [6.45, 7) is 0. The van der Waals surface area contributed by atoms with E-state index in [9.17, 15) is 9.59 Å². The van der Waals surface area contributed by atoms with Crippen LogP contribution >= 0.6 is 0 Å². The Morgan fingerprint density at radius 3 is 2.42 bits per heavy atom. The number of hydrogen-bond donors (Lipinski definition) is 2. The Labute approximate surface area is 147 Å². The number of fused-ring (bicyclic) bond motifs is 4. The Kier molecular flexibility index (Phi) is 2.88. The van der Waals surface area contributed by atoms with E-state index < -0.39 is 5.97 Å². The van der Waals surface area contributed by atoms with Crippen molar-refractivity contribution in [2.45, 2.75) is 0 Å². The van der Waals surface area contributed by atoms with E-state index in [4.69, 9.17) is 5.11 Å². The fourth-order valence-electron chi connectivity index (χ4n) is 3.54. The van der Waals surface area contributed by atoms with Gasteiger partial charge in [-0.3, -0.25) is 4.79 Å². The maximum absolute atomic E-state index is 12.7. The van der Waals surface area contributed by atoms with E-state index in [1.807, 2.05) is 42.5 Å². The molecule has 0 spiro atoms. The van der Waals surface area contributed by atoms with E-state index in [1.54, 1.807) is 18.2 Å². The third-order valence-electron chi connectivity index (χ3n) is 4.74. The zero-order valence-corrected chi connectivity index (χ0v) is 13.5. The Morgan fingerprint density at radius 1 is 0.885 bits per heavy atom. The number of carboxylic acid groups (broad SMARTS) is 1. The molecule has 5 nitrogen and oxygen atoms in total. The van der Waals surface area contributed by atoms with Crippen molar-refractivity contribution in [1.29, 1.82) is 0 Å². The number of aromatic nitrogens is 2. The Hall–Kier alpha value is -3.73. The van der Waals surface area contributed by atoms with Crippen LogP contribution in [-0.4, -0.2) is 26.8 Å². The zero-order valence-electron chi connectivity index (χ0n) is 13.5. The highest BCUT2D eigenvalue weighted by Crippen LogP contribution is 2.42. The molecule has 0 fully saturated rings. The number of benzene rings is 3. The SMILES string of the molecule is O=C(O)c1ccc2[nH]c(-c3cccc4c3-c3ccccc3C4=O)nc2c1. The first kappa shape index (κ1) is 14.6. The first-order chi connectivity index (χ1) is 12.6. The van der Waals surface area contributed by atoms with E-state index in [1.165, 1.54) is 0 Å². The molecule has 0 aliphatic heterocycles. The molecule has 124 valence electrons. The van der Waals surface area contributed by atoms with Gasteiger partial charge in [0, 0.05) is 22.3 Å². The zero-order chi connectivity index (χ0) is 17.8. The van der Waals surface area contributed by atoms with E-state index in [0.29, 0.717) is 22.5 Å². The summed E-state index contributed by atoms with van der Waals surface area (Å²) >= 11 is 0. The average Bonchev–Trinajstić information content (AvgIpc) is 3.21. The number of aromatic amines is 1. The van der Waals surface area contributed by atoms with Crippen LogP contribution in [0.25, 0.3) is 33.5 Å². The van der Waals surface area contributed by atoms with E-state index in [0.717, 1.165) is 22.2 Å². The highest BCUT2D eigenvalue weighted by molar-refractivity contribution is 6.23. The minimum absolute atomic E-state index is 0.0155. The molecule has 4 aromatic rings. The van der Waals surface area contributed by atoms with Gasteiger partial charge in [-0.15, -0.1) is 0 Å². The Balaban J connectivity index is 1.76. The molecule has 3 aromatic carbocycles. The van der Waals surface area contributed by atoms with Crippen molar-refractivity contribution in [3.8, 4) is 22.5 Å². The van der Waals surface area contributed by atoms with Crippen LogP contribution in [0.15, 0.2) is 60.7 Å². The van der Waals surface area contributed by atoms with Crippen LogP contribution in [0.5, 0.6) is 0 Å². The molecule has 0 saturated carbocycles. The highest BCUT2D eigenvalue weighted by Gasteiger charge is 2.29. The second-order valence-electron chi connectivity index (χ2n) is 6.23. The Bertz CT molecular complexity index is 1240. The number of carbonyl (C=O) groups excluding carboxylic acids is 1. The molecule has 1 aliphatic carbocycles. The molecule has 26 heavy (non-hydrogen) atoms. The summed E-state index contributed by atoms with van der Waals surface area (Å²) in [6, 6.07) is 17.9. The first-order valence-corrected chi connectivity index (χ1v) is 8.14. The van der Waals surface area contributed by atoms with Crippen LogP contribution in [0.1, 0.15) is 26.3 Å². The van der Waals surface area contributed by atoms with Crippen LogP contribution in [-0.2, 0) is 0 Å². The van der Waals surface area contributed by atoms with E-state index in [-0.39, 0.29) is 11.3 Å². The van der Waals surface area contributed by atoms with E-state index in [2.05, 4.69) is 9.97 Å². The number of rotatable bonds is 2. The lowest BCUT2D eigenvalue weighted by atomic mass is 9.99. The monoisotopic (exact) mass is 340 g/mol. The van der Waals surface area contributed by atoms with Gasteiger partial charge in [-0.05, 0) is 23.8 Å². The normalized spacial score (nSPS) is 12.2. The molecule has 0 atom stereocenters. The molecule has 5 heteroatoms. The standard InChI is InChI=1S/C21H12N2O3/c24-19-13-5-2-1-4-12(13)18-14(19)6-3-7-15(18)20-22-16-9-8-11(21(25)26)10-17(16)23-20/h1-10H,(H,22,23)(H,25,26). The molecule has 1 aromatic heterocycles. The summed E-state index contributed by atoms with van der Waals surface area (Å²) in [5, 5.41) is 9.16. The summed E-state index contributed by atoms with van der Waals surface area (Å²) in [6.07, 6.45) is 0. The van der Waals surface area contributed by atoms with Crippen molar-refractivity contribution in [2.75, 3.05) is 0 Å². The van der Waals surface area contributed by atoms with Crippen molar-refractivity contribution in [2.24, 2.45) is 0 Å². The molecular formula is C21H12N2O3. The molecular weight excluding hydrogens is 328 g/mol. The van der Waals surface area contributed by atoms with Crippen LogP contribution in [0.4, 0.5) is 0 Å². The number of aromatic carboxylic acids is 1. The van der Waals surface area contributed by atoms with Gasteiger partial charge in [0.2, 0.25) is 0 Å². The van der Waals surface area contributed by atoms with Gasteiger partial charge in [0.15, 0.2) is 5.78 Å². The number of H-pyrrole nitrogens is 1. The molecule has 5 rings (SSSR count). The predicted octanol–water partition coefficient (Wildman–Crippen LogP) is 4.14. The van der Waals surface area contributed by atoms with Gasteiger partial charge in [-0.25, -0.2) is 9.78 Å². The minimum atomic E-state index is -0.989. The molecule has 2 N–H and O–H groups in total. The van der Waals surface area contributed by atoms with Crippen LogP contribution in [0, 0.1) is 0 Å².